The molecule has 230 valence electrons. The highest BCUT2D eigenvalue weighted by Crippen LogP contribution is 2.28. The SMILES string of the molecule is O=[N+]([O-])c1ccc(NCCOCCOCCOCCOCCOCCOCCOCCOCCF)c([N+](=O)[O-])c1. The minimum absolute atomic E-state index is 0.0961. The molecule has 16 heteroatoms. The average molecular weight is 582 g/mol. The molecule has 1 N–H and O–H groups in total. The van der Waals surface area contributed by atoms with E-state index in [0.717, 1.165) is 6.07 Å². The predicted molar refractivity (Wildman–Crippen MR) is 141 cm³/mol. The zero-order chi connectivity index (χ0) is 29.1. The molecule has 0 aliphatic carbocycles. The van der Waals surface area contributed by atoms with E-state index in [1.165, 1.54) is 12.1 Å². The van der Waals surface area contributed by atoms with Crippen LogP contribution in [0.5, 0.6) is 0 Å². The second-order valence-electron chi connectivity index (χ2n) is 7.73. The van der Waals surface area contributed by atoms with Crippen molar-refractivity contribution >= 4 is 17.1 Å². The Kier molecular flexibility index (Phi) is 22.5. The Morgan fingerprint density at radius 1 is 0.575 bits per heavy atom. The molecule has 0 spiro atoms. The van der Waals surface area contributed by atoms with Crippen molar-refractivity contribution in [3.05, 3.63) is 38.4 Å². The van der Waals surface area contributed by atoms with Crippen LogP contribution in [0.2, 0.25) is 0 Å². The molecular weight excluding hydrogens is 541 g/mol. The van der Waals surface area contributed by atoms with Gasteiger partial charge in [-0.2, -0.15) is 0 Å². The maximum atomic E-state index is 11.8. The summed E-state index contributed by atoms with van der Waals surface area (Å²) in [5.74, 6) is 0. The molecule has 0 saturated carbocycles. The van der Waals surface area contributed by atoms with E-state index in [9.17, 15) is 24.6 Å². The summed E-state index contributed by atoms with van der Waals surface area (Å²) in [5, 5.41) is 24.7. The van der Waals surface area contributed by atoms with Crippen LogP contribution in [0.15, 0.2) is 18.2 Å². The van der Waals surface area contributed by atoms with Gasteiger partial charge in [-0.1, -0.05) is 0 Å². The third-order valence-electron chi connectivity index (χ3n) is 4.78. The molecule has 0 radical (unpaired) electrons. The number of rotatable bonds is 29. The third-order valence-corrected chi connectivity index (χ3v) is 4.78. The number of nitro benzene ring substituents is 2. The number of hydrogen-bond acceptors (Lipinski definition) is 13. The minimum Gasteiger partial charge on any atom is -0.377 e. The van der Waals surface area contributed by atoms with E-state index in [1.54, 1.807) is 0 Å². The molecule has 15 nitrogen and oxygen atoms in total. The first-order valence-corrected chi connectivity index (χ1v) is 12.9. The molecule has 0 aliphatic heterocycles. The Balaban J connectivity index is 1.80. The fraction of sp³-hybridized carbons (Fsp3) is 0.750. The van der Waals surface area contributed by atoms with Crippen LogP contribution in [0, 0.1) is 20.2 Å². The Morgan fingerprint density at radius 2 is 0.950 bits per heavy atom. The topological polar surface area (TPSA) is 172 Å². The first-order valence-electron chi connectivity index (χ1n) is 12.9. The fourth-order valence-corrected chi connectivity index (χ4v) is 2.89. The van der Waals surface area contributed by atoms with Crippen molar-refractivity contribution in [3.8, 4) is 0 Å². The number of alkyl halides is 1. The normalized spacial score (nSPS) is 11.1. The molecule has 1 aromatic rings. The van der Waals surface area contributed by atoms with Gasteiger partial charge in [0.2, 0.25) is 0 Å². The quantitative estimate of drug-likeness (QED) is 0.0828. The number of nitrogens with one attached hydrogen (secondary N) is 1. The van der Waals surface area contributed by atoms with Gasteiger partial charge in [0.05, 0.1) is 122 Å². The van der Waals surface area contributed by atoms with Gasteiger partial charge in [-0.15, -0.1) is 0 Å². The number of ether oxygens (including phenoxy) is 8. The Morgan fingerprint density at radius 3 is 1.30 bits per heavy atom. The second-order valence-corrected chi connectivity index (χ2v) is 7.73. The summed E-state index contributed by atoms with van der Waals surface area (Å²) in [4.78, 5) is 20.5. The van der Waals surface area contributed by atoms with Gasteiger partial charge in [0.15, 0.2) is 0 Å². The van der Waals surface area contributed by atoms with Crippen molar-refractivity contribution in [2.75, 3.05) is 124 Å². The molecule has 1 aromatic carbocycles. The van der Waals surface area contributed by atoms with E-state index in [0.29, 0.717) is 92.5 Å². The van der Waals surface area contributed by atoms with Crippen molar-refractivity contribution in [3.63, 3.8) is 0 Å². The van der Waals surface area contributed by atoms with Gasteiger partial charge in [0.1, 0.15) is 12.4 Å². The van der Waals surface area contributed by atoms with Gasteiger partial charge in [-0.3, -0.25) is 20.2 Å². The van der Waals surface area contributed by atoms with E-state index in [2.05, 4.69) is 5.32 Å². The lowest BCUT2D eigenvalue weighted by Crippen LogP contribution is -2.15. The first kappa shape index (κ1) is 35.5. The maximum absolute atomic E-state index is 11.8. The lowest BCUT2D eigenvalue weighted by atomic mass is 10.2. The van der Waals surface area contributed by atoms with Crippen LogP contribution in [0.1, 0.15) is 0 Å². The van der Waals surface area contributed by atoms with E-state index in [1.807, 2.05) is 0 Å². The van der Waals surface area contributed by atoms with E-state index >= 15 is 0 Å². The highest BCUT2D eigenvalue weighted by atomic mass is 19.1. The summed E-state index contributed by atoms with van der Waals surface area (Å²) in [5.41, 5.74) is -0.532. The fourth-order valence-electron chi connectivity index (χ4n) is 2.89. The molecule has 0 heterocycles. The van der Waals surface area contributed by atoms with Gasteiger partial charge < -0.3 is 43.2 Å². The van der Waals surface area contributed by atoms with Gasteiger partial charge in [-0.05, 0) is 6.07 Å². The van der Waals surface area contributed by atoms with Crippen LogP contribution in [0.4, 0.5) is 21.5 Å². The Bertz CT molecular complexity index is 793. The summed E-state index contributed by atoms with van der Waals surface area (Å²) in [6, 6.07) is 3.41. The molecule has 0 saturated heterocycles. The van der Waals surface area contributed by atoms with E-state index < -0.39 is 16.5 Å². The number of non-ortho nitro benzene ring substituents is 1. The molecule has 0 atom stereocenters. The maximum Gasteiger partial charge on any atom is 0.299 e. The molecule has 0 fully saturated rings. The predicted octanol–water partition coefficient (Wildman–Crippen LogP) is 2.02. The molecular formula is C24H40FN3O12. The van der Waals surface area contributed by atoms with Crippen LogP contribution >= 0.6 is 0 Å². The average Bonchev–Trinajstić information content (AvgIpc) is 2.94. The summed E-state index contributed by atoms with van der Waals surface area (Å²) >= 11 is 0. The van der Waals surface area contributed by atoms with Crippen LogP contribution in [-0.4, -0.2) is 129 Å². The number of halogens is 1. The lowest BCUT2D eigenvalue weighted by Gasteiger charge is -2.09. The molecule has 0 amide bonds. The Labute approximate surface area is 232 Å². The Hall–Kier alpha value is -2.57. The monoisotopic (exact) mass is 581 g/mol. The highest BCUT2D eigenvalue weighted by molar-refractivity contribution is 5.65. The largest absolute Gasteiger partial charge is 0.377 e. The van der Waals surface area contributed by atoms with Gasteiger partial charge in [0.25, 0.3) is 11.4 Å². The molecule has 0 unspecified atom stereocenters. The van der Waals surface area contributed by atoms with Gasteiger partial charge >= 0.3 is 0 Å². The summed E-state index contributed by atoms with van der Waals surface area (Å²) in [6.45, 7) is 6.06. The number of nitrogens with zero attached hydrogens (tertiary/aromatic N) is 2. The second kappa shape index (κ2) is 25.4. The van der Waals surface area contributed by atoms with Gasteiger partial charge in [-0.25, -0.2) is 4.39 Å². The lowest BCUT2D eigenvalue weighted by molar-refractivity contribution is -0.393. The molecule has 0 aromatic heterocycles. The number of hydrogen-bond donors (Lipinski definition) is 1. The number of nitro groups is 2. The van der Waals surface area contributed by atoms with Crippen molar-refractivity contribution in [2.24, 2.45) is 0 Å². The van der Waals surface area contributed by atoms with E-state index in [4.69, 9.17) is 37.9 Å². The zero-order valence-corrected chi connectivity index (χ0v) is 22.6. The van der Waals surface area contributed by atoms with Crippen LogP contribution < -0.4 is 5.32 Å². The van der Waals surface area contributed by atoms with Crippen LogP contribution in [-0.2, 0) is 37.9 Å². The van der Waals surface area contributed by atoms with Crippen LogP contribution in [0.25, 0.3) is 0 Å². The van der Waals surface area contributed by atoms with Crippen molar-refractivity contribution in [1.29, 1.82) is 0 Å². The molecule has 0 bridgehead atoms. The third kappa shape index (κ3) is 19.5. The summed E-state index contributed by atoms with van der Waals surface area (Å²) < 4.78 is 54.3. The van der Waals surface area contributed by atoms with Crippen LogP contribution in [0.3, 0.4) is 0 Å². The van der Waals surface area contributed by atoms with Crippen molar-refractivity contribution in [1.82, 2.24) is 0 Å². The number of benzene rings is 1. The first-order chi connectivity index (χ1) is 19.6. The zero-order valence-electron chi connectivity index (χ0n) is 22.6. The van der Waals surface area contributed by atoms with Crippen molar-refractivity contribution in [2.45, 2.75) is 0 Å². The minimum atomic E-state index is -0.685. The molecule has 0 aliphatic rings. The highest BCUT2D eigenvalue weighted by Gasteiger charge is 2.18. The summed E-state index contributed by atoms with van der Waals surface area (Å²) in [7, 11) is 0. The molecule has 40 heavy (non-hydrogen) atoms. The van der Waals surface area contributed by atoms with Gasteiger partial charge in [0, 0.05) is 12.6 Å². The van der Waals surface area contributed by atoms with E-state index in [-0.39, 0.29) is 36.8 Å². The summed E-state index contributed by atoms with van der Waals surface area (Å²) in [6.07, 6.45) is 0. The number of anilines is 1. The smallest absolute Gasteiger partial charge is 0.299 e. The molecule has 1 rings (SSSR count). The van der Waals surface area contributed by atoms with Crippen molar-refractivity contribution < 1.29 is 52.1 Å². The standard InChI is InChI=1S/C24H40FN3O12/c25-3-5-33-7-9-35-11-13-37-15-17-39-19-20-40-18-16-38-14-12-36-10-8-34-6-4-26-23-2-1-22(27(29)30)21-24(23)28(31)32/h1-2,21,26H,3-20H2.